The van der Waals surface area contributed by atoms with Crippen LogP contribution in [0, 0.1) is 18.3 Å². The lowest BCUT2D eigenvalue weighted by atomic mass is 10.1. The molecule has 0 spiro atoms. The third kappa shape index (κ3) is 4.33. The maximum absolute atomic E-state index is 12.3. The van der Waals surface area contributed by atoms with Crippen molar-refractivity contribution < 1.29 is 9.53 Å². The SMILES string of the molecule is COc1ccc2nc(SCC(=O)Nc3cccc(Cl)c3C)c(C#N)cc2c1. The first-order valence-corrected chi connectivity index (χ1v) is 9.45. The number of amides is 1. The molecule has 0 bridgehead atoms. The van der Waals surface area contributed by atoms with Crippen LogP contribution in [0.5, 0.6) is 5.75 Å². The number of carbonyl (C=O) groups is 1. The molecular formula is C20H16ClN3O2S. The Labute approximate surface area is 166 Å². The standard InChI is InChI=1S/C20H16ClN3O2S/c1-12-16(21)4-3-5-17(12)23-19(25)11-27-20-14(10-22)8-13-9-15(26-2)6-7-18(13)24-20/h3-9H,11H2,1-2H3,(H,23,25). The van der Waals surface area contributed by atoms with Crippen LogP contribution in [0.15, 0.2) is 47.5 Å². The quantitative estimate of drug-likeness (QED) is 0.625. The van der Waals surface area contributed by atoms with Crippen molar-refractivity contribution in [1.29, 1.82) is 5.26 Å². The fourth-order valence-electron chi connectivity index (χ4n) is 2.52. The second-order valence-corrected chi connectivity index (χ2v) is 7.13. The van der Waals surface area contributed by atoms with Crippen molar-refractivity contribution in [2.24, 2.45) is 0 Å². The van der Waals surface area contributed by atoms with E-state index in [-0.39, 0.29) is 11.7 Å². The molecule has 3 aromatic rings. The van der Waals surface area contributed by atoms with Gasteiger partial charge < -0.3 is 10.1 Å². The summed E-state index contributed by atoms with van der Waals surface area (Å²) in [5.41, 5.74) is 2.65. The van der Waals surface area contributed by atoms with Crippen molar-refractivity contribution in [1.82, 2.24) is 4.98 Å². The number of hydrogen-bond acceptors (Lipinski definition) is 5. The van der Waals surface area contributed by atoms with E-state index in [1.54, 1.807) is 31.4 Å². The number of thioether (sulfide) groups is 1. The van der Waals surface area contributed by atoms with Crippen molar-refractivity contribution in [2.75, 3.05) is 18.2 Å². The molecule has 0 aliphatic carbocycles. The van der Waals surface area contributed by atoms with Gasteiger partial charge in [-0.2, -0.15) is 5.26 Å². The number of nitrogens with zero attached hydrogens (tertiary/aromatic N) is 2. The van der Waals surface area contributed by atoms with Crippen molar-refractivity contribution in [3.63, 3.8) is 0 Å². The predicted molar refractivity (Wildman–Crippen MR) is 109 cm³/mol. The Kier molecular flexibility index (Phi) is 5.84. The third-order valence-corrected chi connectivity index (χ3v) is 5.39. The summed E-state index contributed by atoms with van der Waals surface area (Å²) in [5, 5.41) is 14.2. The van der Waals surface area contributed by atoms with Gasteiger partial charge in [-0.1, -0.05) is 29.4 Å². The highest BCUT2D eigenvalue weighted by atomic mass is 35.5. The smallest absolute Gasteiger partial charge is 0.234 e. The summed E-state index contributed by atoms with van der Waals surface area (Å²) < 4.78 is 5.20. The molecule has 0 aliphatic rings. The van der Waals surface area contributed by atoms with Gasteiger partial charge in [0.25, 0.3) is 0 Å². The maximum Gasteiger partial charge on any atom is 0.234 e. The molecular weight excluding hydrogens is 382 g/mol. The molecule has 1 heterocycles. The van der Waals surface area contributed by atoms with Gasteiger partial charge in [0.05, 0.1) is 23.9 Å². The van der Waals surface area contributed by atoms with Crippen molar-refractivity contribution >= 4 is 45.9 Å². The van der Waals surface area contributed by atoms with E-state index in [4.69, 9.17) is 16.3 Å². The van der Waals surface area contributed by atoms with E-state index in [1.807, 2.05) is 25.1 Å². The molecule has 0 aliphatic heterocycles. The summed E-state index contributed by atoms with van der Waals surface area (Å²) in [6.45, 7) is 1.85. The molecule has 0 radical (unpaired) electrons. The van der Waals surface area contributed by atoms with E-state index >= 15 is 0 Å². The number of carbonyl (C=O) groups excluding carboxylic acids is 1. The lowest BCUT2D eigenvalue weighted by molar-refractivity contribution is -0.113. The van der Waals surface area contributed by atoms with Gasteiger partial charge >= 0.3 is 0 Å². The van der Waals surface area contributed by atoms with Crippen LogP contribution in [0.2, 0.25) is 5.02 Å². The van der Waals surface area contributed by atoms with Gasteiger partial charge in [-0.3, -0.25) is 4.79 Å². The summed E-state index contributed by atoms with van der Waals surface area (Å²) in [4.78, 5) is 16.8. The molecule has 0 saturated carbocycles. The van der Waals surface area contributed by atoms with Crippen LogP contribution in [-0.4, -0.2) is 23.8 Å². The molecule has 3 rings (SSSR count). The van der Waals surface area contributed by atoms with Crippen LogP contribution >= 0.6 is 23.4 Å². The predicted octanol–water partition coefficient (Wildman–Crippen LogP) is 4.81. The Balaban J connectivity index is 1.77. The van der Waals surface area contributed by atoms with Gasteiger partial charge in [-0.25, -0.2) is 4.98 Å². The number of ether oxygens (including phenoxy) is 1. The number of hydrogen-bond donors (Lipinski definition) is 1. The largest absolute Gasteiger partial charge is 0.497 e. The fourth-order valence-corrected chi connectivity index (χ4v) is 3.45. The number of pyridine rings is 1. The average molecular weight is 398 g/mol. The number of aromatic nitrogens is 1. The molecule has 5 nitrogen and oxygen atoms in total. The van der Waals surface area contributed by atoms with Crippen LogP contribution < -0.4 is 10.1 Å². The highest BCUT2D eigenvalue weighted by molar-refractivity contribution is 8.00. The van der Waals surface area contributed by atoms with Gasteiger partial charge in [0.15, 0.2) is 0 Å². The number of benzene rings is 2. The zero-order valence-electron chi connectivity index (χ0n) is 14.7. The van der Waals surface area contributed by atoms with E-state index in [0.29, 0.717) is 27.0 Å². The highest BCUT2D eigenvalue weighted by Crippen LogP contribution is 2.28. The van der Waals surface area contributed by atoms with E-state index < -0.39 is 0 Å². The number of halogens is 1. The van der Waals surface area contributed by atoms with Crippen molar-refractivity contribution in [3.8, 4) is 11.8 Å². The first kappa shape index (κ1) is 19.0. The first-order valence-electron chi connectivity index (χ1n) is 8.08. The van der Waals surface area contributed by atoms with E-state index in [9.17, 15) is 10.1 Å². The molecule has 0 unspecified atom stereocenters. The second-order valence-electron chi connectivity index (χ2n) is 5.76. The minimum Gasteiger partial charge on any atom is -0.497 e. The van der Waals surface area contributed by atoms with Crippen LogP contribution in [0.25, 0.3) is 10.9 Å². The van der Waals surface area contributed by atoms with Gasteiger partial charge in [0.2, 0.25) is 5.91 Å². The molecule has 0 atom stereocenters. The number of anilines is 1. The highest BCUT2D eigenvalue weighted by Gasteiger charge is 2.12. The molecule has 2 aromatic carbocycles. The Morgan fingerprint density at radius 1 is 1.33 bits per heavy atom. The first-order chi connectivity index (χ1) is 13.0. The summed E-state index contributed by atoms with van der Waals surface area (Å²) in [7, 11) is 1.59. The zero-order valence-corrected chi connectivity index (χ0v) is 16.3. The Hall–Kier alpha value is -2.75. The van der Waals surface area contributed by atoms with Gasteiger partial charge in [0, 0.05) is 16.1 Å². The number of rotatable bonds is 5. The summed E-state index contributed by atoms with van der Waals surface area (Å²) >= 11 is 7.30. The fraction of sp³-hybridized carbons (Fsp3) is 0.150. The lowest BCUT2D eigenvalue weighted by Gasteiger charge is -2.10. The molecule has 1 amide bonds. The Bertz CT molecular complexity index is 1060. The molecule has 1 N–H and O–H groups in total. The Morgan fingerprint density at radius 2 is 2.15 bits per heavy atom. The molecule has 0 fully saturated rings. The average Bonchev–Trinajstić information content (AvgIpc) is 2.68. The van der Waals surface area contributed by atoms with E-state index in [1.165, 1.54) is 11.8 Å². The van der Waals surface area contributed by atoms with Gasteiger partial charge in [-0.15, -0.1) is 0 Å². The topological polar surface area (TPSA) is 75.0 Å². The summed E-state index contributed by atoms with van der Waals surface area (Å²) in [6.07, 6.45) is 0. The molecule has 136 valence electrons. The molecule has 0 saturated heterocycles. The second kappa shape index (κ2) is 8.30. The molecule has 1 aromatic heterocycles. The maximum atomic E-state index is 12.3. The number of fused-ring (bicyclic) bond motifs is 1. The summed E-state index contributed by atoms with van der Waals surface area (Å²) in [6, 6.07) is 14.7. The number of nitriles is 1. The minimum absolute atomic E-state index is 0.134. The van der Waals surface area contributed by atoms with Crippen LogP contribution in [0.3, 0.4) is 0 Å². The molecule has 7 heteroatoms. The van der Waals surface area contributed by atoms with Crippen molar-refractivity contribution in [3.05, 3.63) is 58.6 Å². The zero-order chi connectivity index (χ0) is 19.4. The number of nitrogens with one attached hydrogen (secondary N) is 1. The van der Waals surface area contributed by atoms with Crippen LogP contribution in [-0.2, 0) is 4.79 Å². The van der Waals surface area contributed by atoms with Crippen molar-refractivity contribution in [2.45, 2.75) is 11.9 Å². The van der Waals surface area contributed by atoms with E-state index in [2.05, 4.69) is 16.4 Å². The Morgan fingerprint density at radius 3 is 2.89 bits per heavy atom. The molecule has 27 heavy (non-hydrogen) atoms. The monoisotopic (exact) mass is 397 g/mol. The van der Waals surface area contributed by atoms with Gasteiger partial charge in [0.1, 0.15) is 16.8 Å². The number of methoxy groups -OCH3 is 1. The van der Waals surface area contributed by atoms with Gasteiger partial charge in [-0.05, 0) is 48.9 Å². The lowest BCUT2D eigenvalue weighted by Crippen LogP contribution is -2.15. The normalized spacial score (nSPS) is 10.4. The minimum atomic E-state index is -0.189. The third-order valence-electron chi connectivity index (χ3n) is 3.99. The summed E-state index contributed by atoms with van der Waals surface area (Å²) in [5.74, 6) is 0.644. The van der Waals surface area contributed by atoms with Crippen LogP contribution in [0.1, 0.15) is 11.1 Å². The van der Waals surface area contributed by atoms with Crippen LogP contribution in [0.4, 0.5) is 5.69 Å². The van der Waals surface area contributed by atoms with E-state index in [0.717, 1.165) is 16.5 Å².